The largest absolute Gasteiger partial charge is 0.497 e. The number of hydrogen-bond donors (Lipinski definition) is 2. The van der Waals surface area contributed by atoms with E-state index in [9.17, 15) is 4.79 Å². The van der Waals surface area contributed by atoms with E-state index in [1.807, 2.05) is 24.3 Å². The lowest BCUT2D eigenvalue weighted by Crippen LogP contribution is -2.48. The topological polar surface area (TPSA) is 50.4 Å². The smallest absolute Gasteiger partial charge is 0.220 e. The predicted octanol–water partition coefficient (Wildman–Crippen LogP) is 1.88. The second-order valence-electron chi connectivity index (χ2n) is 5.50. The molecular weight excluding hydrogens is 252 g/mol. The number of nitrogens with one attached hydrogen (secondary N) is 2. The maximum atomic E-state index is 11.9. The summed E-state index contributed by atoms with van der Waals surface area (Å²) in [6, 6.07) is 8.74. The fourth-order valence-electron chi connectivity index (χ4n) is 2.47. The Balaban J connectivity index is 1.71. The molecule has 1 aromatic rings. The molecule has 0 bridgehead atoms. The van der Waals surface area contributed by atoms with Crippen LogP contribution in [0.5, 0.6) is 5.75 Å². The van der Waals surface area contributed by atoms with Gasteiger partial charge in [0.25, 0.3) is 0 Å². The van der Waals surface area contributed by atoms with Gasteiger partial charge in [0.2, 0.25) is 5.91 Å². The van der Waals surface area contributed by atoms with Gasteiger partial charge in [0.05, 0.1) is 7.11 Å². The molecule has 4 nitrogen and oxygen atoms in total. The highest BCUT2D eigenvalue weighted by atomic mass is 16.5. The van der Waals surface area contributed by atoms with Crippen LogP contribution in [0.2, 0.25) is 0 Å². The first-order valence-electron chi connectivity index (χ1n) is 7.33. The maximum Gasteiger partial charge on any atom is 0.220 e. The van der Waals surface area contributed by atoms with Gasteiger partial charge in [0, 0.05) is 25.0 Å². The van der Waals surface area contributed by atoms with Crippen molar-refractivity contribution < 1.29 is 9.53 Å². The van der Waals surface area contributed by atoms with Crippen molar-refractivity contribution in [3.05, 3.63) is 29.8 Å². The Kier molecular flexibility index (Phi) is 5.41. The van der Waals surface area contributed by atoms with Crippen LogP contribution in [-0.2, 0) is 11.2 Å². The molecule has 0 aliphatic carbocycles. The molecule has 110 valence electrons. The summed E-state index contributed by atoms with van der Waals surface area (Å²) in [6.07, 6.45) is 3.51. The summed E-state index contributed by atoms with van der Waals surface area (Å²) in [6.45, 7) is 3.07. The number of piperidine rings is 1. The third-order valence-corrected chi connectivity index (χ3v) is 3.83. The molecule has 1 aliphatic heterocycles. The number of benzene rings is 1. The number of amides is 1. The molecule has 2 unspecified atom stereocenters. The van der Waals surface area contributed by atoms with Crippen LogP contribution in [0, 0.1) is 0 Å². The van der Waals surface area contributed by atoms with Gasteiger partial charge in [-0.25, -0.2) is 0 Å². The summed E-state index contributed by atoms with van der Waals surface area (Å²) in [5.41, 5.74) is 1.16. The molecule has 20 heavy (non-hydrogen) atoms. The average molecular weight is 276 g/mol. The molecule has 2 N–H and O–H groups in total. The van der Waals surface area contributed by atoms with Crippen LogP contribution in [0.25, 0.3) is 0 Å². The number of rotatable bonds is 5. The number of hydrogen-bond acceptors (Lipinski definition) is 3. The molecule has 1 fully saturated rings. The van der Waals surface area contributed by atoms with E-state index < -0.39 is 0 Å². The number of ether oxygens (including phenoxy) is 1. The molecule has 1 aromatic carbocycles. The van der Waals surface area contributed by atoms with Gasteiger partial charge in [-0.15, -0.1) is 0 Å². The first kappa shape index (κ1) is 14.9. The van der Waals surface area contributed by atoms with Gasteiger partial charge in [0.1, 0.15) is 5.75 Å². The third kappa shape index (κ3) is 4.53. The fourth-order valence-corrected chi connectivity index (χ4v) is 2.47. The van der Waals surface area contributed by atoms with Gasteiger partial charge in [-0.05, 0) is 43.9 Å². The zero-order valence-electron chi connectivity index (χ0n) is 12.3. The Labute approximate surface area is 120 Å². The average Bonchev–Trinajstić information content (AvgIpc) is 2.48. The van der Waals surface area contributed by atoms with E-state index in [0.29, 0.717) is 12.5 Å². The van der Waals surface area contributed by atoms with Crippen molar-refractivity contribution in [3.8, 4) is 5.75 Å². The number of aryl methyl sites for hydroxylation is 1. The summed E-state index contributed by atoms with van der Waals surface area (Å²) in [7, 11) is 1.65. The van der Waals surface area contributed by atoms with Crippen molar-refractivity contribution in [1.29, 1.82) is 0 Å². The summed E-state index contributed by atoms with van der Waals surface area (Å²) < 4.78 is 5.12. The molecule has 1 saturated heterocycles. The highest BCUT2D eigenvalue weighted by Crippen LogP contribution is 2.13. The molecular formula is C16H24N2O2. The van der Waals surface area contributed by atoms with Gasteiger partial charge >= 0.3 is 0 Å². The fraction of sp³-hybridized carbons (Fsp3) is 0.562. The van der Waals surface area contributed by atoms with Crippen molar-refractivity contribution in [2.24, 2.45) is 0 Å². The zero-order chi connectivity index (χ0) is 14.4. The van der Waals surface area contributed by atoms with E-state index in [0.717, 1.165) is 37.1 Å². The van der Waals surface area contributed by atoms with Crippen LogP contribution < -0.4 is 15.4 Å². The van der Waals surface area contributed by atoms with Gasteiger partial charge in [-0.1, -0.05) is 12.1 Å². The Morgan fingerprint density at radius 3 is 2.70 bits per heavy atom. The van der Waals surface area contributed by atoms with Gasteiger partial charge in [0.15, 0.2) is 0 Å². The molecule has 0 spiro atoms. The summed E-state index contributed by atoms with van der Waals surface area (Å²) in [5, 5.41) is 6.50. The Morgan fingerprint density at radius 2 is 2.10 bits per heavy atom. The molecule has 1 aliphatic rings. The maximum absolute atomic E-state index is 11.9. The quantitative estimate of drug-likeness (QED) is 0.863. The molecule has 1 heterocycles. The van der Waals surface area contributed by atoms with Crippen LogP contribution in [0.3, 0.4) is 0 Å². The summed E-state index contributed by atoms with van der Waals surface area (Å²) in [4.78, 5) is 11.9. The highest BCUT2D eigenvalue weighted by molar-refractivity contribution is 5.76. The summed E-state index contributed by atoms with van der Waals surface area (Å²) >= 11 is 0. The highest BCUT2D eigenvalue weighted by Gasteiger charge is 2.18. The molecule has 0 saturated carbocycles. The van der Waals surface area contributed by atoms with E-state index in [1.54, 1.807) is 7.11 Å². The molecule has 0 radical (unpaired) electrons. The lowest BCUT2D eigenvalue weighted by molar-refractivity contribution is -0.121. The predicted molar refractivity (Wildman–Crippen MR) is 79.9 cm³/mol. The number of methoxy groups -OCH3 is 1. The minimum atomic E-state index is 0.141. The van der Waals surface area contributed by atoms with E-state index in [1.165, 1.54) is 0 Å². The second kappa shape index (κ2) is 7.29. The normalized spacial score (nSPS) is 22.3. The first-order chi connectivity index (χ1) is 9.67. The minimum Gasteiger partial charge on any atom is -0.497 e. The Bertz CT molecular complexity index is 423. The van der Waals surface area contributed by atoms with Gasteiger partial charge in [-0.2, -0.15) is 0 Å². The number of carbonyl (C=O) groups excluding carboxylic acids is 1. The van der Waals surface area contributed by atoms with Crippen molar-refractivity contribution in [3.63, 3.8) is 0 Å². The Morgan fingerprint density at radius 1 is 1.35 bits per heavy atom. The van der Waals surface area contributed by atoms with Crippen LogP contribution in [0.15, 0.2) is 24.3 Å². The second-order valence-corrected chi connectivity index (χ2v) is 5.50. The van der Waals surface area contributed by atoms with Crippen molar-refractivity contribution >= 4 is 5.91 Å². The molecule has 2 atom stereocenters. The lowest BCUT2D eigenvalue weighted by Gasteiger charge is -2.28. The van der Waals surface area contributed by atoms with Crippen LogP contribution in [0.1, 0.15) is 31.7 Å². The SMILES string of the molecule is COc1ccc(CCC(=O)NC2CCC(C)NC2)cc1. The van der Waals surface area contributed by atoms with Crippen LogP contribution in [-0.4, -0.2) is 31.6 Å². The molecule has 0 aromatic heterocycles. The third-order valence-electron chi connectivity index (χ3n) is 3.83. The van der Waals surface area contributed by atoms with E-state index >= 15 is 0 Å². The number of carbonyl (C=O) groups is 1. The lowest BCUT2D eigenvalue weighted by atomic mass is 10.0. The summed E-state index contributed by atoms with van der Waals surface area (Å²) in [5.74, 6) is 0.989. The van der Waals surface area contributed by atoms with Crippen molar-refractivity contribution in [1.82, 2.24) is 10.6 Å². The Hall–Kier alpha value is -1.55. The van der Waals surface area contributed by atoms with E-state index in [-0.39, 0.29) is 11.9 Å². The standard InChI is InChI=1S/C16H24N2O2/c1-12-3-7-14(11-17-12)18-16(19)10-6-13-4-8-15(20-2)9-5-13/h4-5,8-9,12,14,17H,3,6-7,10-11H2,1-2H3,(H,18,19). The molecule has 4 heteroatoms. The van der Waals surface area contributed by atoms with E-state index in [2.05, 4.69) is 17.6 Å². The van der Waals surface area contributed by atoms with E-state index in [4.69, 9.17) is 4.74 Å². The monoisotopic (exact) mass is 276 g/mol. The molecule has 1 amide bonds. The zero-order valence-corrected chi connectivity index (χ0v) is 12.3. The van der Waals surface area contributed by atoms with Crippen molar-refractivity contribution in [2.75, 3.05) is 13.7 Å². The van der Waals surface area contributed by atoms with Crippen molar-refractivity contribution in [2.45, 2.75) is 44.7 Å². The van der Waals surface area contributed by atoms with Crippen LogP contribution >= 0.6 is 0 Å². The van der Waals surface area contributed by atoms with Gasteiger partial charge in [-0.3, -0.25) is 4.79 Å². The minimum absolute atomic E-state index is 0.141. The van der Waals surface area contributed by atoms with Gasteiger partial charge < -0.3 is 15.4 Å². The molecule has 2 rings (SSSR count). The first-order valence-corrected chi connectivity index (χ1v) is 7.33. The van der Waals surface area contributed by atoms with Crippen LogP contribution in [0.4, 0.5) is 0 Å².